The van der Waals surface area contributed by atoms with Crippen LogP contribution in [0.5, 0.6) is 0 Å². The lowest BCUT2D eigenvalue weighted by atomic mass is 10.1. The van der Waals surface area contributed by atoms with Crippen LogP contribution in [-0.4, -0.2) is 30.1 Å². The predicted octanol–water partition coefficient (Wildman–Crippen LogP) is 5.82. The lowest BCUT2D eigenvalue weighted by Gasteiger charge is -2.36. The first-order chi connectivity index (χ1) is 15.1. The minimum atomic E-state index is -0.337. The molecule has 1 fully saturated rings. The van der Waals surface area contributed by atoms with Crippen LogP contribution >= 0.6 is 11.6 Å². The fourth-order valence-electron chi connectivity index (χ4n) is 3.59. The molecule has 158 valence electrons. The maximum atomic E-state index is 13.1. The fraction of sp³-hybridized carbons (Fsp3) is 0.167. The molecule has 4 rings (SSSR count). The van der Waals surface area contributed by atoms with Crippen molar-refractivity contribution in [1.82, 2.24) is 4.90 Å². The van der Waals surface area contributed by atoms with E-state index >= 15 is 0 Å². The van der Waals surface area contributed by atoms with Crippen molar-refractivity contribution in [3.63, 3.8) is 0 Å². The number of hydrogen-bond acceptors (Lipinski definition) is 2. The number of hydrogen-bond donors (Lipinski definition) is 2. The molecule has 0 unspecified atom stereocenters. The van der Waals surface area contributed by atoms with Crippen LogP contribution in [0.4, 0.5) is 26.7 Å². The average Bonchev–Trinajstić information content (AvgIpc) is 2.76. The van der Waals surface area contributed by atoms with Gasteiger partial charge in [0.2, 0.25) is 0 Å². The van der Waals surface area contributed by atoms with Gasteiger partial charge in [0.25, 0.3) is 0 Å². The van der Waals surface area contributed by atoms with Crippen LogP contribution in [0, 0.1) is 0 Å². The summed E-state index contributed by atoms with van der Waals surface area (Å²) in [6.07, 6.45) is 0.860. The van der Waals surface area contributed by atoms with Gasteiger partial charge in [-0.25, -0.2) is 9.59 Å². The van der Waals surface area contributed by atoms with Crippen molar-refractivity contribution in [1.29, 1.82) is 0 Å². The number of urea groups is 2. The van der Waals surface area contributed by atoms with Gasteiger partial charge in [-0.05, 0) is 54.4 Å². The summed E-state index contributed by atoms with van der Waals surface area (Å²) in [5.41, 5.74) is 3.07. The Labute approximate surface area is 186 Å². The highest BCUT2D eigenvalue weighted by Gasteiger charge is 2.27. The summed E-state index contributed by atoms with van der Waals surface area (Å²) in [6, 6.07) is 23.7. The smallest absolute Gasteiger partial charge is 0.320 e. The Morgan fingerprint density at radius 2 is 1.61 bits per heavy atom. The monoisotopic (exact) mass is 434 g/mol. The Morgan fingerprint density at radius 3 is 2.42 bits per heavy atom. The van der Waals surface area contributed by atoms with Crippen LogP contribution < -0.4 is 15.5 Å². The normalized spacial score (nSPS) is 13.8. The Bertz CT molecular complexity index is 1070. The lowest BCUT2D eigenvalue weighted by Crippen LogP contribution is -2.49. The zero-order valence-electron chi connectivity index (χ0n) is 16.9. The lowest BCUT2D eigenvalue weighted by molar-refractivity contribution is 0.192. The zero-order chi connectivity index (χ0) is 21.6. The van der Waals surface area contributed by atoms with E-state index in [0.717, 1.165) is 17.7 Å². The molecule has 0 saturated carbocycles. The number of carbonyl (C=O) groups excluding carboxylic acids is 2. The summed E-state index contributed by atoms with van der Waals surface area (Å²) in [5.74, 6) is 0. The molecule has 31 heavy (non-hydrogen) atoms. The van der Waals surface area contributed by atoms with Crippen molar-refractivity contribution in [3.05, 3.63) is 89.4 Å². The van der Waals surface area contributed by atoms with Crippen molar-refractivity contribution in [2.45, 2.75) is 13.0 Å². The van der Waals surface area contributed by atoms with Crippen LogP contribution in [0.1, 0.15) is 12.0 Å². The largest absolute Gasteiger partial charge is 0.324 e. The first-order valence-corrected chi connectivity index (χ1v) is 10.5. The summed E-state index contributed by atoms with van der Waals surface area (Å²) in [5, 5.41) is 6.27. The fourth-order valence-corrected chi connectivity index (χ4v) is 3.80. The molecule has 1 saturated heterocycles. The highest BCUT2D eigenvalue weighted by Crippen LogP contribution is 2.25. The predicted molar refractivity (Wildman–Crippen MR) is 125 cm³/mol. The van der Waals surface area contributed by atoms with Crippen molar-refractivity contribution >= 4 is 40.7 Å². The van der Waals surface area contributed by atoms with E-state index in [2.05, 4.69) is 10.6 Å². The molecular formula is C24H23ClN4O2. The number of rotatable bonds is 5. The topological polar surface area (TPSA) is 64.7 Å². The minimum absolute atomic E-state index is 0.0582. The van der Waals surface area contributed by atoms with E-state index in [4.69, 9.17) is 11.6 Å². The number of nitrogens with one attached hydrogen (secondary N) is 2. The van der Waals surface area contributed by atoms with Gasteiger partial charge in [-0.2, -0.15) is 0 Å². The van der Waals surface area contributed by atoms with E-state index in [0.29, 0.717) is 36.0 Å². The third-order valence-electron chi connectivity index (χ3n) is 5.02. The van der Waals surface area contributed by atoms with Crippen molar-refractivity contribution in [2.24, 2.45) is 0 Å². The molecule has 0 aromatic heterocycles. The molecule has 0 bridgehead atoms. The molecule has 0 radical (unpaired) electrons. The number of nitrogens with zero attached hydrogens (tertiary/aromatic N) is 2. The van der Waals surface area contributed by atoms with Gasteiger partial charge in [-0.15, -0.1) is 0 Å². The summed E-state index contributed by atoms with van der Waals surface area (Å²) < 4.78 is 0. The van der Waals surface area contributed by atoms with E-state index in [1.54, 1.807) is 11.0 Å². The highest BCUT2D eigenvalue weighted by atomic mass is 35.5. The molecule has 0 spiro atoms. The second-order valence-corrected chi connectivity index (χ2v) is 7.77. The first kappa shape index (κ1) is 20.8. The average molecular weight is 435 g/mol. The number of amides is 4. The number of carbonyl (C=O) groups is 2. The molecule has 4 amide bonds. The molecule has 1 aliphatic heterocycles. The van der Waals surface area contributed by atoms with Crippen molar-refractivity contribution in [2.75, 3.05) is 28.6 Å². The van der Waals surface area contributed by atoms with Gasteiger partial charge in [0, 0.05) is 41.7 Å². The van der Waals surface area contributed by atoms with Gasteiger partial charge < -0.3 is 15.5 Å². The number of anilines is 3. The van der Waals surface area contributed by atoms with Gasteiger partial charge in [-0.1, -0.05) is 48.0 Å². The van der Waals surface area contributed by atoms with E-state index in [9.17, 15) is 9.59 Å². The third-order valence-corrected chi connectivity index (χ3v) is 5.26. The second-order valence-electron chi connectivity index (χ2n) is 7.33. The van der Waals surface area contributed by atoms with Gasteiger partial charge >= 0.3 is 12.1 Å². The Balaban J connectivity index is 1.43. The molecular weight excluding hydrogens is 412 g/mol. The molecule has 1 aliphatic rings. The van der Waals surface area contributed by atoms with Crippen LogP contribution in [0.25, 0.3) is 0 Å². The minimum Gasteiger partial charge on any atom is -0.320 e. The molecule has 6 nitrogen and oxygen atoms in total. The number of para-hydroxylation sites is 1. The molecule has 3 aromatic carbocycles. The van der Waals surface area contributed by atoms with Crippen molar-refractivity contribution < 1.29 is 9.59 Å². The third kappa shape index (κ3) is 5.35. The summed E-state index contributed by atoms with van der Waals surface area (Å²) in [7, 11) is 0. The molecule has 0 atom stereocenters. The van der Waals surface area contributed by atoms with E-state index < -0.39 is 0 Å². The SMILES string of the molecule is O=C(Nc1ccccc1)Nc1cccc(N2CCCN(Cc3cccc(Cl)c3)C2=O)c1. The van der Waals surface area contributed by atoms with Crippen LogP contribution in [0.3, 0.4) is 0 Å². The first-order valence-electron chi connectivity index (χ1n) is 10.1. The maximum Gasteiger partial charge on any atom is 0.324 e. The van der Waals surface area contributed by atoms with Crippen LogP contribution in [0.15, 0.2) is 78.9 Å². The Hall–Kier alpha value is -3.51. The summed E-state index contributed by atoms with van der Waals surface area (Å²) in [6.45, 7) is 1.83. The quantitative estimate of drug-likeness (QED) is 0.531. The summed E-state index contributed by atoms with van der Waals surface area (Å²) >= 11 is 6.08. The van der Waals surface area contributed by atoms with Crippen LogP contribution in [-0.2, 0) is 6.54 Å². The number of halogens is 1. The standard InChI is InChI=1S/C24H23ClN4O2/c25-19-8-4-7-18(15-19)17-28-13-6-14-29(24(28)31)22-12-5-11-21(16-22)27-23(30)26-20-9-2-1-3-10-20/h1-5,7-12,15-16H,6,13-14,17H2,(H2,26,27,30). The Morgan fingerprint density at radius 1 is 0.871 bits per heavy atom. The van der Waals surface area contributed by atoms with E-state index in [1.807, 2.05) is 77.7 Å². The molecule has 7 heteroatoms. The zero-order valence-corrected chi connectivity index (χ0v) is 17.7. The van der Waals surface area contributed by atoms with Gasteiger partial charge in [-0.3, -0.25) is 4.90 Å². The van der Waals surface area contributed by atoms with E-state index in [-0.39, 0.29) is 12.1 Å². The molecule has 0 aliphatic carbocycles. The molecule has 2 N–H and O–H groups in total. The van der Waals surface area contributed by atoms with Crippen LogP contribution in [0.2, 0.25) is 5.02 Å². The summed E-state index contributed by atoms with van der Waals surface area (Å²) in [4.78, 5) is 29.0. The molecule has 1 heterocycles. The second kappa shape index (κ2) is 9.53. The van der Waals surface area contributed by atoms with Gasteiger partial charge in [0.05, 0.1) is 0 Å². The van der Waals surface area contributed by atoms with Crippen molar-refractivity contribution in [3.8, 4) is 0 Å². The highest BCUT2D eigenvalue weighted by molar-refractivity contribution is 6.30. The Kier molecular flexibility index (Phi) is 6.38. The van der Waals surface area contributed by atoms with Gasteiger partial charge in [0.15, 0.2) is 0 Å². The maximum absolute atomic E-state index is 13.1. The van der Waals surface area contributed by atoms with Gasteiger partial charge in [0.1, 0.15) is 0 Å². The van der Waals surface area contributed by atoms with E-state index in [1.165, 1.54) is 0 Å². The molecule has 3 aromatic rings. The number of benzene rings is 3.